The molecule has 0 saturated heterocycles. The number of fused-ring (bicyclic) bond motifs is 2. The molecular weight excluding hydrogens is 184 g/mol. The van der Waals surface area contributed by atoms with E-state index < -0.39 is 0 Å². The first-order chi connectivity index (χ1) is 7.01. The molecule has 0 radical (unpaired) electrons. The lowest BCUT2D eigenvalue weighted by molar-refractivity contribution is -0.112. The summed E-state index contributed by atoms with van der Waals surface area (Å²) in [5.41, 5.74) is 0.504. The number of allylic oxidation sites excluding steroid dienone is 2. The van der Waals surface area contributed by atoms with Gasteiger partial charge in [0, 0.05) is 0 Å². The highest BCUT2D eigenvalue weighted by atomic mass is 16.1. The zero-order valence-corrected chi connectivity index (χ0v) is 10.1. The second-order valence-corrected chi connectivity index (χ2v) is 5.95. The van der Waals surface area contributed by atoms with Gasteiger partial charge in [0.1, 0.15) is 0 Å². The summed E-state index contributed by atoms with van der Waals surface area (Å²) in [6, 6.07) is 0. The van der Waals surface area contributed by atoms with E-state index in [-0.39, 0.29) is 5.78 Å². The minimum absolute atomic E-state index is 0.177. The standard InChI is InChI=1S/C14H22O/c1-10(15)5-4-6-13-11-7-8-12(9-11)14(13,2)3/h4-5,11-13H,6-9H2,1-3H3/b5-4+/t11-,12+,13+/m1/s1. The second-order valence-electron chi connectivity index (χ2n) is 5.95. The predicted molar refractivity (Wildman–Crippen MR) is 62.5 cm³/mol. The van der Waals surface area contributed by atoms with Crippen LogP contribution in [0.4, 0.5) is 0 Å². The average Bonchev–Trinajstić information content (AvgIpc) is 2.66. The van der Waals surface area contributed by atoms with Crippen molar-refractivity contribution in [3.05, 3.63) is 12.2 Å². The third-order valence-electron chi connectivity index (χ3n) is 4.79. The van der Waals surface area contributed by atoms with Crippen LogP contribution in [0.25, 0.3) is 0 Å². The molecule has 0 aliphatic heterocycles. The van der Waals surface area contributed by atoms with E-state index in [4.69, 9.17) is 0 Å². The van der Waals surface area contributed by atoms with Crippen molar-refractivity contribution >= 4 is 5.78 Å². The zero-order valence-electron chi connectivity index (χ0n) is 10.1. The number of carbonyl (C=O) groups excluding carboxylic acids is 1. The van der Waals surface area contributed by atoms with Gasteiger partial charge in [-0.25, -0.2) is 0 Å². The Hall–Kier alpha value is -0.590. The lowest BCUT2D eigenvalue weighted by Gasteiger charge is -2.37. The third kappa shape index (κ3) is 1.89. The zero-order chi connectivity index (χ0) is 11.1. The van der Waals surface area contributed by atoms with Gasteiger partial charge in [-0.15, -0.1) is 0 Å². The first-order valence-corrected chi connectivity index (χ1v) is 6.19. The van der Waals surface area contributed by atoms with E-state index in [0.29, 0.717) is 5.41 Å². The molecule has 2 bridgehead atoms. The van der Waals surface area contributed by atoms with E-state index in [1.54, 1.807) is 13.0 Å². The smallest absolute Gasteiger partial charge is 0.152 e. The lowest BCUT2D eigenvalue weighted by atomic mass is 9.67. The first-order valence-electron chi connectivity index (χ1n) is 6.19. The van der Waals surface area contributed by atoms with Crippen LogP contribution in [0.2, 0.25) is 0 Å². The maximum absolute atomic E-state index is 10.9. The molecule has 3 atom stereocenters. The maximum atomic E-state index is 10.9. The van der Waals surface area contributed by atoms with Crippen LogP contribution in [0.3, 0.4) is 0 Å². The van der Waals surface area contributed by atoms with E-state index in [1.165, 1.54) is 19.3 Å². The average molecular weight is 206 g/mol. The van der Waals surface area contributed by atoms with Gasteiger partial charge in [0.25, 0.3) is 0 Å². The van der Waals surface area contributed by atoms with Gasteiger partial charge in [0.15, 0.2) is 5.78 Å². The minimum atomic E-state index is 0.177. The summed E-state index contributed by atoms with van der Waals surface area (Å²) in [7, 11) is 0. The van der Waals surface area contributed by atoms with Gasteiger partial charge < -0.3 is 0 Å². The summed E-state index contributed by atoms with van der Waals surface area (Å²) >= 11 is 0. The Balaban J connectivity index is 2.00. The Morgan fingerprint density at radius 2 is 2.13 bits per heavy atom. The van der Waals surface area contributed by atoms with Crippen LogP contribution in [-0.4, -0.2) is 5.78 Å². The summed E-state index contributed by atoms with van der Waals surface area (Å²) in [5.74, 6) is 2.86. The fourth-order valence-corrected chi connectivity index (χ4v) is 3.84. The van der Waals surface area contributed by atoms with E-state index in [2.05, 4.69) is 19.9 Å². The van der Waals surface area contributed by atoms with Gasteiger partial charge in [-0.1, -0.05) is 19.9 Å². The molecule has 84 valence electrons. The van der Waals surface area contributed by atoms with E-state index in [9.17, 15) is 4.79 Å². The molecule has 2 rings (SSSR count). The van der Waals surface area contributed by atoms with Crippen molar-refractivity contribution in [1.82, 2.24) is 0 Å². The Morgan fingerprint density at radius 1 is 1.40 bits per heavy atom. The van der Waals surface area contributed by atoms with E-state index in [1.807, 2.05) is 0 Å². The number of hydrogen-bond donors (Lipinski definition) is 0. The van der Waals surface area contributed by atoms with Crippen molar-refractivity contribution in [2.45, 2.75) is 46.5 Å². The van der Waals surface area contributed by atoms with Crippen LogP contribution in [0.15, 0.2) is 12.2 Å². The van der Waals surface area contributed by atoms with Gasteiger partial charge in [0.05, 0.1) is 0 Å². The van der Waals surface area contributed by atoms with Crippen LogP contribution in [0, 0.1) is 23.2 Å². The highest BCUT2D eigenvalue weighted by molar-refractivity contribution is 5.87. The largest absolute Gasteiger partial charge is 0.295 e. The summed E-state index contributed by atoms with van der Waals surface area (Å²) < 4.78 is 0. The predicted octanol–water partition coefficient (Wildman–Crippen LogP) is 3.59. The van der Waals surface area contributed by atoms with E-state index in [0.717, 1.165) is 24.2 Å². The van der Waals surface area contributed by atoms with Crippen LogP contribution < -0.4 is 0 Å². The number of ketones is 1. The van der Waals surface area contributed by atoms with Crippen molar-refractivity contribution in [3.8, 4) is 0 Å². The molecular formula is C14H22O. The Kier molecular flexibility index (Phi) is 2.74. The molecule has 0 spiro atoms. The molecule has 1 heteroatoms. The molecule has 0 aromatic carbocycles. The first kappa shape index (κ1) is 10.9. The van der Waals surface area contributed by atoms with Crippen LogP contribution in [0.1, 0.15) is 46.5 Å². The van der Waals surface area contributed by atoms with Gasteiger partial charge in [0.2, 0.25) is 0 Å². The van der Waals surface area contributed by atoms with Crippen molar-refractivity contribution in [2.75, 3.05) is 0 Å². The molecule has 0 heterocycles. The lowest BCUT2D eigenvalue weighted by Crippen LogP contribution is -2.30. The van der Waals surface area contributed by atoms with Crippen molar-refractivity contribution in [1.29, 1.82) is 0 Å². The monoisotopic (exact) mass is 206 g/mol. The van der Waals surface area contributed by atoms with Gasteiger partial charge >= 0.3 is 0 Å². The molecule has 2 aliphatic rings. The molecule has 0 amide bonds. The molecule has 0 aromatic rings. The molecule has 0 N–H and O–H groups in total. The van der Waals surface area contributed by atoms with Crippen molar-refractivity contribution in [2.24, 2.45) is 23.2 Å². The number of rotatable bonds is 3. The Morgan fingerprint density at radius 3 is 2.67 bits per heavy atom. The van der Waals surface area contributed by atoms with Crippen LogP contribution in [-0.2, 0) is 4.79 Å². The topological polar surface area (TPSA) is 17.1 Å². The molecule has 2 aliphatic carbocycles. The summed E-state index contributed by atoms with van der Waals surface area (Å²) in [6.45, 7) is 6.47. The summed E-state index contributed by atoms with van der Waals surface area (Å²) in [4.78, 5) is 10.9. The van der Waals surface area contributed by atoms with Gasteiger partial charge in [-0.05, 0) is 61.9 Å². The normalized spacial score (nSPS) is 37.7. The SMILES string of the molecule is CC(=O)/C=C/C[C@H]1[C@@H]2CC[C@@H](C2)C1(C)C. The number of carbonyl (C=O) groups is 1. The van der Waals surface area contributed by atoms with Crippen molar-refractivity contribution in [3.63, 3.8) is 0 Å². The molecule has 2 saturated carbocycles. The van der Waals surface area contributed by atoms with E-state index >= 15 is 0 Å². The molecule has 0 unspecified atom stereocenters. The molecule has 15 heavy (non-hydrogen) atoms. The van der Waals surface area contributed by atoms with Gasteiger partial charge in [-0.2, -0.15) is 0 Å². The fourth-order valence-electron chi connectivity index (χ4n) is 3.84. The second kappa shape index (κ2) is 3.77. The summed E-state index contributed by atoms with van der Waals surface area (Å²) in [5, 5.41) is 0. The maximum Gasteiger partial charge on any atom is 0.152 e. The quantitative estimate of drug-likeness (QED) is 0.645. The van der Waals surface area contributed by atoms with Crippen LogP contribution >= 0.6 is 0 Å². The number of hydrogen-bond acceptors (Lipinski definition) is 1. The van der Waals surface area contributed by atoms with Gasteiger partial charge in [-0.3, -0.25) is 4.79 Å². The highest BCUT2D eigenvalue weighted by Crippen LogP contribution is 2.60. The Labute approximate surface area is 92.9 Å². The fraction of sp³-hybridized carbons (Fsp3) is 0.786. The summed E-state index contributed by atoms with van der Waals surface area (Å²) in [6.07, 6.45) is 9.23. The molecule has 1 nitrogen and oxygen atoms in total. The highest BCUT2D eigenvalue weighted by Gasteiger charge is 2.51. The molecule has 2 fully saturated rings. The van der Waals surface area contributed by atoms with Crippen molar-refractivity contribution < 1.29 is 4.79 Å². The Bertz CT molecular complexity index is 288. The van der Waals surface area contributed by atoms with Crippen LogP contribution in [0.5, 0.6) is 0 Å². The molecule has 0 aromatic heterocycles. The minimum Gasteiger partial charge on any atom is -0.295 e. The third-order valence-corrected chi connectivity index (χ3v) is 4.79.